The fourth-order valence-corrected chi connectivity index (χ4v) is 3.46. The Morgan fingerprint density at radius 1 is 1.04 bits per heavy atom. The predicted octanol–water partition coefficient (Wildman–Crippen LogP) is 3.38. The summed E-state index contributed by atoms with van der Waals surface area (Å²) >= 11 is 5.92. The van der Waals surface area contributed by atoms with E-state index in [-0.39, 0.29) is 30.6 Å². The molecule has 4 rings (SSSR count). The van der Waals surface area contributed by atoms with E-state index in [2.05, 4.69) is 0 Å². The average molecular weight is 356 g/mol. The lowest BCUT2D eigenvalue weighted by molar-refractivity contribution is -0.136. The molecule has 2 aromatic rings. The van der Waals surface area contributed by atoms with E-state index in [4.69, 9.17) is 16.3 Å². The first-order valence-electron chi connectivity index (χ1n) is 7.82. The minimum atomic E-state index is -0.403. The third-order valence-corrected chi connectivity index (χ3v) is 4.75. The number of carbonyl (C=O) groups excluding carboxylic acids is 2. The quantitative estimate of drug-likeness (QED) is 0.839. The molecule has 0 unspecified atom stereocenters. The van der Waals surface area contributed by atoms with Crippen LogP contribution >= 0.6 is 11.6 Å². The molecule has 0 fully saturated rings. The molecule has 1 atom stereocenters. The molecule has 2 aliphatic rings. The Balaban J connectivity index is 1.81. The Morgan fingerprint density at radius 3 is 2.40 bits per heavy atom. The zero-order valence-corrected chi connectivity index (χ0v) is 13.9. The van der Waals surface area contributed by atoms with Gasteiger partial charge in [0.1, 0.15) is 12.4 Å². The van der Waals surface area contributed by atoms with Crippen molar-refractivity contribution in [2.75, 3.05) is 11.5 Å². The molecule has 1 N–H and O–H groups in total. The Labute approximate surface area is 149 Å². The van der Waals surface area contributed by atoms with Crippen LogP contribution in [0, 0.1) is 0 Å². The van der Waals surface area contributed by atoms with Crippen molar-refractivity contribution in [3.8, 4) is 5.75 Å². The van der Waals surface area contributed by atoms with Gasteiger partial charge in [-0.25, -0.2) is 4.79 Å². The minimum Gasteiger partial charge on any atom is -0.508 e. The van der Waals surface area contributed by atoms with E-state index in [1.165, 1.54) is 4.90 Å². The Morgan fingerprint density at radius 2 is 1.72 bits per heavy atom. The number of anilines is 1. The van der Waals surface area contributed by atoms with E-state index < -0.39 is 5.97 Å². The second kappa shape index (κ2) is 5.93. The molecule has 0 aliphatic carbocycles. The third-order valence-electron chi connectivity index (χ3n) is 4.50. The molecular formula is C19H14ClNO4. The van der Waals surface area contributed by atoms with E-state index in [1.807, 2.05) is 0 Å². The minimum absolute atomic E-state index is 0.0666. The second-order valence-electron chi connectivity index (χ2n) is 5.99. The van der Waals surface area contributed by atoms with Crippen LogP contribution in [0.15, 0.2) is 59.8 Å². The number of carbonyl (C=O) groups is 2. The molecule has 2 aromatic carbocycles. The van der Waals surface area contributed by atoms with Gasteiger partial charge in [0, 0.05) is 23.0 Å². The van der Waals surface area contributed by atoms with Crippen LogP contribution in [0.1, 0.15) is 17.9 Å². The lowest BCUT2D eigenvalue weighted by atomic mass is 9.84. The van der Waals surface area contributed by atoms with Crippen molar-refractivity contribution in [1.29, 1.82) is 0 Å². The first-order valence-corrected chi connectivity index (χ1v) is 8.20. The highest BCUT2D eigenvalue weighted by atomic mass is 35.5. The highest BCUT2D eigenvalue weighted by Crippen LogP contribution is 2.42. The van der Waals surface area contributed by atoms with Crippen LogP contribution in [-0.2, 0) is 14.3 Å². The van der Waals surface area contributed by atoms with Gasteiger partial charge in [-0.1, -0.05) is 23.7 Å². The molecule has 0 saturated heterocycles. The predicted molar refractivity (Wildman–Crippen MR) is 92.4 cm³/mol. The number of esters is 1. The van der Waals surface area contributed by atoms with Crippen molar-refractivity contribution in [2.45, 2.75) is 12.3 Å². The number of ether oxygens (including phenoxy) is 1. The molecule has 0 spiro atoms. The van der Waals surface area contributed by atoms with Crippen LogP contribution in [0.2, 0.25) is 5.02 Å². The van der Waals surface area contributed by atoms with Crippen molar-refractivity contribution in [2.24, 2.45) is 0 Å². The number of rotatable bonds is 2. The number of amides is 1. The van der Waals surface area contributed by atoms with Crippen molar-refractivity contribution < 1.29 is 19.4 Å². The van der Waals surface area contributed by atoms with Gasteiger partial charge in [-0.05, 0) is 42.0 Å². The molecule has 5 nitrogen and oxygen atoms in total. The molecule has 25 heavy (non-hydrogen) atoms. The molecule has 1 amide bonds. The molecule has 2 heterocycles. The molecule has 6 heteroatoms. The van der Waals surface area contributed by atoms with E-state index in [9.17, 15) is 14.7 Å². The molecular weight excluding hydrogens is 342 g/mol. The van der Waals surface area contributed by atoms with Crippen molar-refractivity contribution in [3.05, 3.63) is 70.4 Å². The number of phenolic OH excluding ortho intramolecular Hbond substituents is 1. The summed E-state index contributed by atoms with van der Waals surface area (Å²) in [6, 6.07) is 13.4. The summed E-state index contributed by atoms with van der Waals surface area (Å²) in [7, 11) is 0. The van der Waals surface area contributed by atoms with Crippen molar-refractivity contribution in [1.82, 2.24) is 0 Å². The number of aromatic hydroxyl groups is 1. The summed E-state index contributed by atoms with van der Waals surface area (Å²) < 4.78 is 5.22. The van der Waals surface area contributed by atoms with Gasteiger partial charge in [0.25, 0.3) is 0 Å². The highest BCUT2D eigenvalue weighted by Gasteiger charge is 2.42. The monoisotopic (exact) mass is 355 g/mol. The summed E-state index contributed by atoms with van der Waals surface area (Å²) in [6.07, 6.45) is 0.154. The van der Waals surface area contributed by atoms with Gasteiger partial charge in [-0.2, -0.15) is 0 Å². The van der Waals surface area contributed by atoms with Crippen LogP contribution in [0.5, 0.6) is 5.75 Å². The Bertz CT molecular complexity index is 887. The molecule has 126 valence electrons. The Hall–Kier alpha value is -2.79. The lowest BCUT2D eigenvalue weighted by Gasteiger charge is -2.31. The second-order valence-corrected chi connectivity index (χ2v) is 6.43. The van der Waals surface area contributed by atoms with Gasteiger partial charge in [-0.3, -0.25) is 9.69 Å². The maximum absolute atomic E-state index is 12.8. The fourth-order valence-electron chi connectivity index (χ4n) is 3.34. The van der Waals surface area contributed by atoms with Crippen LogP contribution in [0.4, 0.5) is 5.69 Å². The normalized spacial score (nSPS) is 19.9. The van der Waals surface area contributed by atoms with E-state index >= 15 is 0 Å². The van der Waals surface area contributed by atoms with Crippen LogP contribution in [0.25, 0.3) is 0 Å². The summed E-state index contributed by atoms with van der Waals surface area (Å²) in [5, 5.41) is 10.0. The first kappa shape index (κ1) is 15.7. The number of phenols is 1. The van der Waals surface area contributed by atoms with Crippen molar-refractivity contribution >= 4 is 29.2 Å². The van der Waals surface area contributed by atoms with Gasteiger partial charge >= 0.3 is 5.97 Å². The van der Waals surface area contributed by atoms with Gasteiger partial charge in [0.05, 0.1) is 11.3 Å². The molecule has 0 aromatic heterocycles. The summed E-state index contributed by atoms with van der Waals surface area (Å²) in [4.78, 5) is 26.7. The van der Waals surface area contributed by atoms with E-state index in [0.717, 1.165) is 5.56 Å². The number of nitrogens with zero attached hydrogens (tertiary/aromatic N) is 1. The van der Waals surface area contributed by atoms with Gasteiger partial charge in [0.2, 0.25) is 5.91 Å². The van der Waals surface area contributed by atoms with Gasteiger partial charge < -0.3 is 9.84 Å². The zero-order valence-electron chi connectivity index (χ0n) is 13.1. The molecule has 0 bridgehead atoms. The number of hydrogen-bond donors (Lipinski definition) is 1. The van der Waals surface area contributed by atoms with E-state index in [1.54, 1.807) is 48.5 Å². The van der Waals surface area contributed by atoms with Crippen LogP contribution in [0.3, 0.4) is 0 Å². The molecule has 2 aliphatic heterocycles. The highest BCUT2D eigenvalue weighted by molar-refractivity contribution is 6.30. The Kier molecular flexibility index (Phi) is 3.73. The summed E-state index contributed by atoms with van der Waals surface area (Å²) in [6.45, 7) is 0.0666. The maximum Gasteiger partial charge on any atom is 0.336 e. The first-order chi connectivity index (χ1) is 12.0. The van der Waals surface area contributed by atoms with Crippen LogP contribution < -0.4 is 4.90 Å². The number of benzene rings is 2. The van der Waals surface area contributed by atoms with Crippen molar-refractivity contribution in [3.63, 3.8) is 0 Å². The average Bonchev–Trinajstić information content (AvgIpc) is 2.98. The smallest absolute Gasteiger partial charge is 0.336 e. The lowest BCUT2D eigenvalue weighted by Crippen LogP contribution is -2.37. The number of cyclic esters (lactones) is 1. The SMILES string of the molecule is O=C1OCC2=C1[C@@H](c1ccc(O)cc1)CC(=O)N2c1ccc(Cl)cc1. The third kappa shape index (κ3) is 2.66. The fraction of sp³-hybridized carbons (Fsp3) is 0.158. The molecule has 0 saturated carbocycles. The van der Waals surface area contributed by atoms with Gasteiger partial charge in [-0.15, -0.1) is 0 Å². The number of halogens is 1. The van der Waals surface area contributed by atoms with Crippen LogP contribution in [-0.4, -0.2) is 23.6 Å². The maximum atomic E-state index is 12.8. The standard InChI is InChI=1S/C19H14ClNO4/c20-12-3-5-13(6-4-12)21-16-10-25-19(24)18(16)15(9-17(21)23)11-1-7-14(22)8-2-11/h1-8,15,22H,9-10H2/t15-/m1/s1. The largest absolute Gasteiger partial charge is 0.508 e. The van der Waals surface area contributed by atoms with Gasteiger partial charge in [0.15, 0.2) is 0 Å². The number of hydrogen-bond acceptors (Lipinski definition) is 4. The molecule has 0 radical (unpaired) electrons. The zero-order chi connectivity index (χ0) is 17.6. The summed E-state index contributed by atoms with van der Waals surface area (Å²) in [5.74, 6) is -0.754. The topological polar surface area (TPSA) is 66.8 Å². The van der Waals surface area contributed by atoms with E-state index in [0.29, 0.717) is 22.0 Å². The summed E-state index contributed by atoms with van der Waals surface area (Å²) in [5.41, 5.74) is 2.53.